The summed E-state index contributed by atoms with van der Waals surface area (Å²) in [6.07, 6.45) is -4.38. The average molecular weight is 339 g/mol. The van der Waals surface area contributed by atoms with Crippen molar-refractivity contribution in [2.24, 2.45) is 0 Å². The molecule has 0 bridgehead atoms. The van der Waals surface area contributed by atoms with Gasteiger partial charge in [-0.2, -0.15) is 18.0 Å². The van der Waals surface area contributed by atoms with E-state index in [2.05, 4.69) is 15.4 Å². The molecule has 0 unspecified atom stereocenters. The van der Waals surface area contributed by atoms with Crippen molar-refractivity contribution in [3.05, 3.63) is 64.7 Å². The molecule has 3 aromatic rings. The molecule has 3 rings (SSSR count). The van der Waals surface area contributed by atoms with Crippen LogP contribution in [0.5, 0.6) is 0 Å². The van der Waals surface area contributed by atoms with Crippen molar-refractivity contribution in [2.45, 2.75) is 12.7 Å². The maximum atomic E-state index is 12.7. The average Bonchev–Trinajstić information content (AvgIpc) is 2.95. The molecule has 23 heavy (non-hydrogen) atoms. The third kappa shape index (κ3) is 3.50. The zero-order valence-corrected chi connectivity index (χ0v) is 12.4. The van der Waals surface area contributed by atoms with E-state index in [1.54, 1.807) is 30.3 Å². The summed E-state index contributed by atoms with van der Waals surface area (Å²) in [5.74, 6) is 0.322. The van der Waals surface area contributed by atoms with Crippen LogP contribution in [0.15, 0.2) is 48.5 Å². The minimum atomic E-state index is -4.38. The molecule has 0 aliphatic rings. The minimum Gasteiger partial charge on any atom is -0.166 e. The number of nitrogens with zero attached hydrogens (tertiary/aromatic N) is 4. The third-order valence-corrected chi connectivity index (χ3v) is 3.48. The smallest absolute Gasteiger partial charge is 0.166 e. The molecule has 2 aromatic carbocycles. The van der Waals surface area contributed by atoms with Crippen LogP contribution in [0.2, 0.25) is 5.02 Å². The van der Waals surface area contributed by atoms with E-state index < -0.39 is 11.7 Å². The van der Waals surface area contributed by atoms with Crippen molar-refractivity contribution in [1.82, 2.24) is 20.2 Å². The molecule has 0 fully saturated rings. The molecule has 0 N–H and O–H groups in total. The van der Waals surface area contributed by atoms with E-state index in [1.807, 2.05) is 0 Å². The van der Waals surface area contributed by atoms with Gasteiger partial charge in [0.2, 0.25) is 5.82 Å². The van der Waals surface area contributed by atoms with Crippen molar-refractivity contribution >= 4 is 11.6 Å². The Morgan fingerprint density at radius 2 is 1.83 bits per heavy atom. The topological polar surface area (TPSA) is 43.6 Å². The van der Waals surface area contributed by atoms with Gasteiger partial charge >= 0.3 is 6.18 Å². The zero-order chi connectivity index (χ0) is 16.4. The van der Waals surface area contributed by atoms with E-state index in [-0.39, 0.29) is 6.54 Å². The fourth-order valence-electron chi connectivity index (χ4n) is 2.07. The molecule has 8 heteroatoms. The summed E-state index contributed by atoms with van der Waals surface area (Å²) in [6.45, 7) is 0.0847. The Labute approximate surface area is 134 Å². The molecule has 0 radical (unpaired) electrons. The molecule has 0 amide bonds. The highest BCUT2D eigenvalue weighted by Crippen LogP contribution is 2.29. The van der Waals surface area contributed by atoms with Crippen LogP contribution in [-0.4, -0.2) is 20.2 Å². The lowest BCUT2D eigenvalue weighted by atomic mass is 10.1. The van der Waals surface area contributed by atoms with Crippen LogP contribution in [0.1, 0.15) is 11.1 Å². The van der Waals surface area contributed by atoms with Crippen molar-refractivity contribution in [3.8, 4) is 11.4 Å². The largest absolute Gasteiger partial charge is 0.416 e. The Morgan fingerprint density at radius 3 is 2.57 bits per heavy atom. The first kappa shape index (κ1) is 15.5. The highest BCUT2D eigenvalue weighted by molar-refractivity contribution is 6.33. The highest BCUT2D eigenvalue weighted by atomic mass is 35.5. The second kappa shape index (κ2) is 6.00. The Balaban J connectivity index is 1.84. The molecule has 0 aliphatic carbocycles. The second-order valence-corrected chi connectivity index (χ2v) is 5.23. The predicted octanol–water partition coefficient (Wildman–Crippen LogP) is 4.06. The molecule has 0 saturated heterocycles. The van der Waals surface area contributed by atoms with Crippen LogP contribution in [0, 0.1) is 0 Å². The van der Waals surface area contributed by atoms with Crippen molar-refractivity contribution in [2.75, 3.05) is 0 Å². The number of hydrogen-bond acceptors (Lipinski definition) is 3. The summed E-state index contributed by atoms with van der Waals surface area (Å²) >= 11 is 6.06. The lowest BCUT2D eigenvalue weighted by Gasteiger charge is -2.08. The summed E-state index contributed by atoms with van der Waals surface area (Å²) in [6, 6.07) is 12.0. The maximum absolute atomic E-state index is 12.7. The first-order valence-electron chi connectivity index (χ1n) is 6.62. The molecule has 0 atom stereocenters. The molecule has 4 nitrogen and oxygen atoms in total. The van der Waals surface area contributed by atoms with Gasteiger partial charge in [-0.15, -0.1) is 10.2 Å². The molecular formula is C15H10ClF3N4. The van der Waals surface area contributed by atoms with Crippen LogP contribution < -0.4 is 0 Å². The Bertz CT molecular complexity index is 829. The Hall–Kier alpha value is -2.41. The van der Waals surface area contributed by atoms with Crippen LogP contribution in [-0.2, 0) is 12.7 Å². The first-order valence-corrected chi connectivity index (χ1v) is 7.00. The molecule has 1 heterocycles. The van der Waals surface area contributed by atoms with Crippen molar-refractivity contribution < 1.29 is 13.2 Å². The molecule has 0 aliphatic heterocycles. The third-order valence-electron chi connectivity index (χ3n) is 3.15. The molecule has 0 spiro atoms. The summed E-state index contributed by atoms with van der Waals surface area (Å²) < 4.78 is 38.1. The van der Waals surface area contributed by atoms with Gasteiger partial charge < -0.3 is 0 Å². The van der Waals surface area contributed by atoms with Gasteiger partial charge in [-0.1, -0.05) is 35.9 Å². The number of tetrazole rings is 1. The molecular weight excluding hydrogens is 329 g/mol. The van der Waals surface area contributed by atoms with E-state index in [9.17, 15) is 13.2 Å². The van der Waals surface area contributed by atoms with E-state index in [0.29, 0.717) is 22.0 Å². The van der Waals surface area contributed by atoms with Gasteiger partial charge in [0.25, 0.3) is 0 Å². The monoisotopic (exact) mass is 338 g/mol. The van der Waals surface area contributed by atoms with Crippen LogP contribution in [0.3, 0.4) is 0 Å². The van der Waals surface area contributed by atoms with Gasteiger partial charge in [-0.3, -0.25) is 0 Å². The van der Waals surface area contributed by atoms with E-state index in [1.165, 1.54) is 10.9 Å². The van der Waals surface area contributed by atoms with Gasteiger partial charge in [-0.25, -0.2) is 0 Å². The summed E-state index contributed by atoms with van der Waals surface area (Å²) in [5.41, 5.74) is 0.342. The van der Waals surface area contributed by atoms with Crippen LogP contribution in [0.25, 0.3) is 11.4 Å². The number of halogens is 4. The molecule has 0 saturated carbocycles. The lowest BCUT2D eigenvalue weighted by molar-refractivity contribution is -0.137. The van der Waals surface area contributed by atoms with Gasteiger partial charge in [0.1, 0.15) is 0 Å². The quantitative estimate of drug-likeness (QED) is 0.723. The van der Waals surface area contributed by atoms with Crippen molar-refractivity contribution in [1.29, 1.82) is 0 Å². The van der Waals surface area contributed by atoms with E-state index in [4.69, 9.17) is 11.6 Å². The Kier molecular flexibility index (Phi) is 4.04. The van der Waals surface area contributed by atoms with Gasteiger partial charge in [-0.05, 0) is 35.0 Å². The first-order chi connectivity index (χ1) is 10.9. The lowest BCUT2D eigenvalue weighted by Crippen LogP contribution is -2.08. The normalized spacial score (nSPS) is 11.7. The predicted molar refractivity (Wildman–Crippen MR) is 78.8 cm³/mol. The zero-order valence-electron chi connectivity index (χ0n) is 11.6. The number of benzene rings is 2. The molecule has 118 valence electrons. The SMILES string of the molecule is FC(F)(F)c1cccc(Cn2nnc(-c3ccccc3Cl)n2)c1. The number of hydrogen-bond donors (Lipinski definition) is 0. The summed E-state index contributed by atoms with van der Waals surface area (Å²) in [5, 5.41) is 12.4. The van der Waals surface area contributed by atoms with Crippen molar-refractivity contribution in [3.63, 3.8) is 0 Å². The van der Waals surface area contributed by atoms with Crippen LogP contribution >= 0.6 is 11.6 Å². The fraction of sp³-hybridized carbons (Fsp3) is 0.133. The van der Waals surface area contributed by atoms with Gasteiger partial charge in [0.15, 0.2) is 0 Å². The number of alkyl halides is 3. The minimum absolute atomic E-state index is 0.0847. The maximum Gasteiger partial charge on any atom is 0.416 e. The number of aromatic nitrogens is 4. The van der Waals surface area contributed by atoms with Gasteiger partial charge in [0.05, 0.1) is 17.1 Å². The standard InChI is InChI=1S/C15H10ClF3N4/c16-13-7-2-1-6-12(13)14-20-22-23(21-14)9-10-4-3-5-11(8-10)15(17,18)19/h1-8H,9H2. The highest BCUT2D eigenvalue weighted by Gasteiger charge is 2.30. The summed E-state index contributed by atoms with van der Waals surface area (Å²) in [7, 11) is 0. The van der Waals surface area contributed by atoms with E-state index in [0.717, 1.165) is 12.1 Å². The van der Waals surface area contributed by atoms with Gasteiger partial charge in [0, 0.05) is 5.56 Å². The Morgan fingerprint density at radius 1 is 1.04 bits per heavy atom. The number of rotatable bonds is 3. The van der Waals surface area contributed by atoms with E-state index >= 15 is 0 Å². The van der Waals surface area contributed by atoms with Crippen LogP contribution in [0.4, 0.5) is 13.2 Å². The second-order valence-electron chi connectivity index (χ2n) is 4.82. The fourth-order valence-corrected chi connectivity index (χ4v) is 2.29. The summed E-state index contributed by atoms with van der Waals surface area (Å²) in [4.78, 5) is 1.23. The molecule has 1 aromatic heterocycles.